The molecule has 0 spiro atoms. The Hall–Kier alpha value is -3.56. The van der Waals surface area contributed by atoms with Crippen molar-refractivity contribution >= 4 is 11.0 Å². The van der Waals surface area contributed by atoms with Crippen molar-refractivity contribution in [2.24, 2.45) is 7.05 Å². The van der Waals surface area contributed by atoms with Gasteiger partial charge in [0.1, 0.15) is 5.82 Å². The van der Waals surface area contributed by atoms with Crippen LogP contribution in [0.25, 0.3) is 11.0 Å². The highest BCUT2D eigenvalue weighted by Gasteiger charge is 2.12. The second kappa shape index (κ2) is 8.44. The number of fused-ring (bicyclic) bond motifs is 1. The Morgan fingerprint density at radius 2 is 1.73 bits per heavy atom. The van der Waals surface area contributed by atoms with E-state index in [1.54, 1.807) is 16.8 Å². The summed E-state index contributed by atoms with van der Waals surface area (Å²) in [6, 6.07) is 18.5. The van der Waals surface area contributed by atoms with Crippen LogP contribution in [0.2, 0.25) is 0 Å². The van der Waals surface area contributed by atoms with E-state index in [4.69, 9.17) is 5.26 Å². The van der Waals surface area contributed by atoms with Gasteiger partial charge in [0, 0.05) is 38.3 Å². The number of nitrogens with zero attached hydrogens (tertiary/aromatic N) is 5. The molecule has 5 nitrogen and oxygen atoms in total. The van der Waals surface area contributed by atoms with Gasteiger partial charge in [-0.2, -0.15) is 10.4 Å². The highest BCUT2D eigenvalue weighted by atomic mass is 19.1. The van der Waals surface area contributed by atoms with Gasteiger partial charge in [-0.15, -0.1) is 0 Å². The van der Waals surface area contributed by atoms with Gasteiger partial charge >= 0.3 is 0 Å². The molecule has 0 aliphatic rings. The number of hydrogen-bond acceptors (Lipinski definition) is 4. The third kappa shape index (κ3) is 4.37. The lowest BCUT2D eigenvalue weighted by Gasteiger charge is -2.23. The van der Waals surface area contributed by atoms with Crippen LogP contribution in [0.15, 0.2) is 60.8 Å². The monoisotopic (exact) mass is 399 g/mol. The van der Waals surface area contributed by atoms with Gasteiger partial charge in [-0.05, 0) is 53.9 Å². The molecule has 2 heterocycles. The summed E-state index contributed by atoms with van der Waals surface area (Å²) in [5.74, 6) is -0.236. The molecule has 2 aromatic carbocycles. The summed E-state index contributed by atoms with van der Waals surface area (Å²) in [7, 11) is 1.89. The smallest absolute Gasteiger partial charge is 0.157 e. The summed E-state index contributed by atoms with van der Waals surface area (Å²) in [4.78, 5) is 6.82. The second-order valence-corrected chi connectivity index (χ2v) is 7.51. The quantitative estimate of drug-likeness (QED) is 0.479. The Kier molecular flexibility index (Phi) is 5.55. The Morgan fingerprint density at radius 1 is 1.00 bits per heavy atom. The van der Waals surface area contributed by atoms with Crippen molar-refractivity contribution in [1.82, 2.24) is 19.7 Å². The molecule has 4 aromatic rings. The molecule has 0 fully saturated rings. The number of nitriles is 1. The molecule has 2 aromatic heterocycles. The molecule has 0 aliphatic carbocycles. The zero-order valence-electron chi connectivity index (χ0n) is 17.0. The van der Waals surface area contributed by atoms with E-state index in [2.05, 4.69) is 27.1 Å². The predicted molar refractivity (Wildman–Crippen MR) is 114 cm³/mol. The van der Waals surface area contributed by atoms with Crippen molar-refractivity contribution in [3.63, 3.8) is 0 Å². The van der Waals surface area contributed by atoms with Crippen molar-refractivity contribution in [3.05, 3.63) is 94.6 Å². The zero-order valence-corrected chi connectivity index (χ0v) is 17.0. The third-order valence-electron chi connectivity index (χ3n) is 5.11. The average molecular weight is 399 g/mol. The maximum atomic E-state index is 13.7. The highest BCUT2D eigenvalue weighted by molar-refractivity contribution is 5.78. The molecule has 150 valence electrons. The van der Waals surface area contributed by atoms with Crippen LogP contribution in [-0.4, -0.2) is 19.7 Å². The number of pyridine rings is 1. The lowest BCUT2D eigenvalue weighted by Crippen LogP contribution is -2.22. The van der Waals surface area contributed by atoms with Gasteiger partial charge < -0.3 is 0 Å². The number of rotatable bonds is 6. The summed E-state index contributed by atoms with van der Waals surface area (Å²) >= 11 is 0. The van der Waals surface area contributed by atoms with Gasteiger partial charge in [-0.25, -0.2) is 9.37 Å². The number of hydrogen-bond donors (Lipinski definition) is 0. The summed E-state index contributed by atoms with van der Waals surface area (Å²) in [5.41, 5.74) is 5.53. The Balaban J connectivity index is 1.61. The van der Waals surface area contributed by atoms with Crippen LogP contribution >= 0.6 is 0 Å². The van der Waals surface area contributed by atoms with Gasteiger partial charge in [0.25, 0.3) is 0 Å². The van der Waals surface area contributed by atoms with Crippen LogP contribution in [0.5, 0.6) is 0 Å². The summed E-state index contributed by atoms with van der Waals surface area (Å²) in [6.07, 6.45) is 1.88. The minimum atomic E-state index is -0.236. The highest BCUT2D eigenvalue weighted by Crippen LogP contribution is 2.20. The summed E-state index contributed by atoms with van der Waals surface area (Å²) < 4.78 is 15.5. The first kappa shape index (κ1) is 19.7. The van der Waals surface area contributed by atoms with Crippen LogP contribution < -0.4 is 0 Å². The molecular formula is C24H22FN5. The normalized spacial score (nSPS) is 11.2. The molecule has 0 radical (unpaired) electrons. The third-order valence-corrected chi connectivity index (χ3v) is 5.11. The summed E-state index contributed by atoms with van der Waals surface area (Å²) in [6.45, 7) is 3.91. The minimum absolute atomic E-state index is 0.236. The van der Waals surface area contributed by atoms with Crippen LogP contribution in [0.3, 0.4) is 0 Å². The molecular weight excluding hydrogens is 377 g/mol. The molecule has 6 heteroatoms. The van der Waals surface area contributed by atoms with Crippen LogP contribution in [-0.2, 0) is 26.7 Å². The first-order valence-corrected chi connectivity index (χ1v) is 9.76. The van der Waals surface area contributed by atoms with Crippen molar-refractivity contribution in [1.29, 1.82) is 5.26 Å². The van der Waals surface area contributed by atoms with E-state index in [0.717, 1.165) is 33.4 Å². The van der Waals surface area contributed by atoms with Gasteiger partial charge in [-0.1, -0.05) is 24.3 Å². The van der Waals surface area contributed by atoms with E-state index < -0.39 is 0 Å². The Labute approximate surface area is 175 Å². The topological polar surface area (TPSA) is 57.7 Å². The van der Waals surface area contributed by atoms with Gasteiger partial charge in [0.2, 0.25) is 0 Å². The van der Waals surface area contributed by atoms with Crippen molar-refractivity contribution in [2.45, 2.75) is 26.6 Å². The average Bonchev–Trinajstić information content (AvgIpc) is 3.02. The molecule has 0 bridgehead atoms. The summed E-state index contributed by atoms with van der Waals surface area (Å²) in [5, 5.41) is 14.5. The molecule has 0 unspecified atom stereocenters. The fraction of sp³-hybridized carbons (Fsp3) is 0.208. The van der Waals surface area contributed by atoms with E-state index in [-0.39, 0.29) is 5.82 Å². The Bertz CT molecular complexity index is 1220. The maximum absolute atomic E-state index is 13.7. The van der Waals surface area contributed by atoms with Crippen molar-refractivity contribution in [2.75, 3.05) is 0 Å². The van der Waals surface area contributed by atoms with Gasteiger partial charge in [-0.3, -0.25) is 9.58 Å². The van der Waals surface area contributed by atoms with Crippen LogP contribution in [0.1, 0.15) is 27.9 Å². The van der Waals surface area contributed by atoms with Gasteiger partial charge in [0.15, 0.2) is 5.65 Å². The van der Waals surface area contributed by atoms with E-state index in [9.17, 15) is 4.39 Å². The molecule has 30 heavy (non-hydrogen) atoms. The standard InChI is InChI=1S/C24H22FN5/c1-17-23-11-21(13-27-24(23)29(2)28-17)16-30(15-20-4-3-5-22(25)10-20)14-19-8-6-18(12-26)7-9-19/h3-11,13H,14-16H2,1-2H3. The molecule has 0 atom stereocenters. The van der Waals surface area contributed by atoms with E-state index in [1.807, 2.05) is 50.5 Å². The van der Waals surface area contributed by atoms with E-state index in [1.165, 1.54) is 6.07 Å². The van der Waals surface area contributed by atoms with Crippen LogP contribution in [0.4, 0.5) is 4.39 Å². The lowest BCUT2D eigenvalue weighted by molar-refractivity contribution is 0.247. The zero-order chi connectivity index (χ0) is 21.1. The molecule has 0 aliphatic heterocycles. The fourth-order valence-corrected chi connectivity index (χ4v) is 3.70. The van der Waals surface area contributed by atoms with Gasteiger partial charge in [0.05, 0.1) is 17.3 Å². The minimum Gasteiger partial charge on any atom is -0.291 e. The van der Waals surface area contributed by atoms with E-state index in [0.29, 0.717) is 25.2 Å². The number of benzene rings is 2. The largest absolute Gasteiger partial charge is 0.291 e. The molecule has 0 saturated carbocycles. The predicted octanol–water partition coefficient (Wildman–Crippen LogP) is 4.49. The molecule has 0 amide bonds. The molecule has 4 rings (SSSR count). The van der Waals surface area contributed by atoms with Crippen molar-refractivity contribution in [3.8, 4) is 6.07 Å². The number of aromatic nitrogens is 3. The SMILES string of the molecule is Cc1nn(C)c2ncc(CN(Cc3ccc(C#N)cc3)Cc3cccc(F)c3)cc12. The van der Waals surface area contributed by atoms with Crippen LogP contribution in [0, 0.1) is 24.1 Å². The lowest BCUT2D eigenvalue weighted by atomic mass is 10.1. The van der Waals surface area contributed by atoms with Crippen molar-refractivity contribution < 1.29 is 4.39 Å². The second-order valence-electron chi connectivity index (χ2n) is 7.51. The first-order valence-electron chi connectivity index (χ1n) is 9.76. The number of aryl methyl sites for hydroxylation is 2. The number of halogens is 1. The maximum Gasteiger partial charge on any atom is 0.157 e. The molecule has 0 saturated heterocycles. The first-order chi connectivity index (χ1) is 14.5. The fourth-order valence-electron chi connectivity index (χ4n) is 3.70. The Morgan fingerprint density at radius 3 is 2.47 bits per heavy atom. The van der Waals surface area contributed by atoms with E-state index >= 15 is 0 Å². The molecule has 0 N–H and O–H groups in total.